The summed E-state index contributed by atoms with van der Waals surface area (Å²) in [7, 11) is 5.35. The fourth-order valence-corrected chi connectivity index (χ4v) is 4.13. The third-order valence-electron chi connectivity index (χ3n) is 4.66. The number of carbonyl (C=O) groups excluding carboxylic acids is 3. The number of methoxy groups -OCH3 is 1. The molecule has 194 valence electrons. The number of hydrogen-bond donors (Lipinski definition) is 3. The number of nitrogens with zero attached hydrogens (tertiary/aromatic N) is 1. The first-order valence-electron chi connectivity index (χ1n) is 11.3. The molecule has 3 N–H and O–H groups in total. The average Bonchev–Trinajstić information content (AvgIpc) is 2.76. The van der Waals surface area contributed by atoms with Gasteiger partial charge in [-0.1, -0.05) is 11.8 Å². The average molecular weight is 496 g/mol. The zero-order valence-electron chi connectivity index (χ0n) is 20.1. The summed E-state index contributed by atoms with van der Waals surface area (Å²) >= 11 is 1.25. The number of aliphatic hydroxyl groups is 3. The van der Waals surface area contributed by atoms with Gasteiger partial charge in [-0.05, 0) is 52.7 Å². The summed E-state index contributed by atoms with van der Waals surface area (Å²) < 4.78 is 15.0. The zero-order chi connectivity index (χ0) is 25.1. The number of ether oxygens (including phenoxy) is 3. The van der Waals surface area contributed by atoms with Crippen molar-refractivity contribution in [3.8, 4) is 0 Å². The van der Waals surface area contributed by atoms with E-state index in [1.165, 1.54) is 18.9 Å². The van der Waals surface area contributed by atoms with Crippen LogP contribution in [0, 0.1) is 0 Å². The van der Waals surface area contributed by atoms with Crippen molar-refractivity contribution < 1.29 is 43.9 Å². The molecule has 2 unspecified atom stereocenters. The van der Waals surface area contributed by atoms with E-state index in [0.717, 1.165) is 13.0 Å². The van der Waals surface area contributed by atoms with Gasteiger partial charge in [0.25, 0.3) is 0 Å². The minimum Gasteiger partial charge on any atom is -0.457 e. The van der Waals surface area contributed by atoms with Crippen molar-refractivity contribution in [3.05, 3.63) is 0 Å². The summed E-state index contributed by atoms with van der Waals surface area (Å²) in [5.74, 6) is -0.948. The van der Waals surface area contributed by atoms with Crippen molar-refractivity contribution in [1.82, 2.24) is 4.90 Å². The summed E-state index contributed by atoms with van der Waals surface area (Å²) in [5.41, 5.74) is 0. The van der Waals surface area contributed by atoms with Gasteiger partial charge in [-0.25, -0.2) is 0 Å². The van der Waals surface area contributed by atoms with Gasteiger partial charge in [0, 0.05) is 31.6 Å². The van der Waals surface area contributed by atoms with E-state index in [4.69, 9.17) is 24.4 Å². The predicted molar refractivity (Wildman–Crippen MR) is 125 cm³/mol. The van der Waals surface area contributed by atoms with E-state index in [9.17, 15) is 19.5 Å². The first-order chi connectivity index (χ1) is 15.7. The quantitative estimate of drug-likeness (QED) is 0.206. The standard InChI is InChI=1S/C22H41NO9S/c1-23(2)12-6-11-22(29)33-19(7-4-9-20(27)31-17(13-24)14-25)8-5-10-21(28)32-18(15-26)16-30-3/h17-19,24-26H,4-16H2,1-3H3. The lowest BCUT2D eigenvalue weighted by Gasteiger charge is -2.17. The maximum absolute atomic E-state index is 12.4. The smallest absolute Gasteiger partial charge is 0.306 e. The molecule has 0 aromatic rings. The van der Waals surface area contributed by atoms with Crippen molar-refractivity contribution in [2.24, 2.45) is 0 Å². The van der Waals surface area contributed by atoms with E-state index in [2.05, 4.69) is 0 Å². The largest absolute Gasteiger partial charge is 0.457 e. The van der Waals surface area contributed by atoms with E-state index in [1.54, 1.807) is 0 Å². The molecule has 0 aromatic heterocycles. The normalized spacial score (nSPS) is 13.2. The molecule has 0 aliphatic carbocycles. The molecule has 33 heavy (non-hydrogen) atoms. The van der Waals surface area contributed by atoms with E-state index < -0.39 is 37.4 Å². The number of esters is 2. The van der Waals surface area contributed by atoms with Crippen LogP contribution in [0.4, 0.5) is 0 Å². The first-order valence-corrected chi connectivity index (χ1v) is 12.2. The third kappa shape index (κ3) is 17.8. The van der Waals surface area contributed by atoms with Crippen LogP contribution in [-0.2, 0) is 28.6 Å². The first kappa shape index (κ1) is 31.8. The second-order valence-corrected chi connectivity index (χ2v) is 9.39. The summed E-state index contributed by atoms with van der Waals surface area (Å²) in [4.78, 5) is 38.2. The van der Waals surface area contributed by atoms with Crippen molar-refractivity contribution >= 4 is 28.8 Å². The Morgan fingerprint density at radius 3 is 1.79 bits per heavy atom. The van der Waals surface area contributed by atoms with Gasteiger partial charge in [0.2, 0.25) is 0 Å². The number of carbonyl (C=O) groups is 3. The number of hydrogen-bond acceptors (Lipinski definition) is 11. The molecule has 0 bridgehead atoms. The maximum atomic E-state index is 12.4. The molecule has 0 heterocycles. The second-order valence-electron chi connectivity index (χ2n) is 8.03. The molecular formula is C22H41NO9S. The lowest BCUT2D eigenvalue weighted by molar-refractivity contribution is -0.154. The predicted octanol–water partition coefficient (Wildman–Crippen LogP) is 0.744. The van der Waals surface area contributed by atoms with E-state index in [-0.39, 0.29) is 36.4 Å². The van der Waals surface area contributed by atoms with Crippen molar-refractivity contribution in [2.75, 3.05) is 54.2 Å². The Hall–Kier alpha value is -1.24. The van der Waals surface area contributed by atoms with Crippen LogP contribution in [0.25, 0.3) is 0 Å². The van der Waals surface area contributed by atoms with Crippen LogP contribution in [0.15, 0.2) is 0 Å². The van der Waals surface area contributed by atoms with Gasteiger partial charge in [0.05, 0.1) is 26.4 Å². The molecule has 0 aromatic carbocycles. The molecule has 0 rings (SSSR count). The number of aliphatic hydroxyl groups excluding tert-OH is 3. The van der Waals surface area contributed by atoms with E-state index in [1.807, 2.05) is 19.0 Å². The Morgan fingerprint density at radius 1 is 0.818 bits per heavy atom. The van der Waals surface area contributed by atoms with Gasteiger partial charge < -0.3 is 34.4 Å². The topological polar surface area (TPSA) is 143 Å². The van der Waals surface area contributed by atoms with Gasteiger partial charge in [0.15, 0.2) is 5.12 Å². The van der Waals surface area contributed by atoms with E-state index in [0.29, 0.717) is 32.1 Å². The number of rotatable bonds is 20. The summed E-state index contributed by atoms with van der Waals surface area (Å²) in [5, 5.41) is 27.2. The molecule has 0 saturated heterocycles. The van der Waals surface area contributed by atoms with Crippen molar-refractivity contribution in [3.63, 3.8) is 0 Å². The molecule has 0 radical (unpaired) electrons. The zero-order valence-corrected chi connectivity index (χ0v) is 20.9. The van der Waals surface area contributed by atoms with Crippen LogP contribution in [0.3, 0.4) is 0 Å². The highest BCUT2D eigenvalue weighted by Crippen LogP contribution is 2.25. The highest BCUT2D eigenvalue weighted by molar-refractivity contribution is 8.14. The summed E-state index contributed by atoms with van der Waals surface area (Å²) in [6, 6.07) is 0. The molecule has 0 aliphatic heterocycles. The Kier molecular flexibility index (Phi) is 19.4. The van der Waals surface area contributed by atoms with Crippen LogP contribution < -0.4 is 0 Å². The maximum Gasteiger partial charge on any atom is 0.306 e. The Balaban J connectivity index is 4.60. The Bertz CT molecular complexity index is 544. The Morgan fingerprint density at radius 2 is 1.33 bits per heavy atom. The van der Waals surface area contributed by atoms with Gasteiger partial charge in [-0.3, -0.25) is 14.4 Å². The van der Waals surface area contributed by atoms with Crippen LogP contribution >= 0.6 is 11.8 Å². The minimum absolute atomic E-state index is 0.0587. The minimum atomic E-state index is -0.923. The monoisotopic (exact) mass is 495 g/mol. The molecule has 10 nitrogen and oxygen atoms in total. The molecule has 0 aliphatic rings. The van der Waals surface area contributed by atoms with Crippen molar-refractivity contribution in [1.29, 1.82) is 0 Å². The van der Waals surface area contributed by atoms with Crippen LogP contribution in [0.5, 0.6) is 0 Å². The van der Waals surface area contributed by atoms with Crippen LogP contribution in [0.1, 0.15) is 51.4 Å². The molecule has 0 amide bonds. The highest BCUT2D eigenvalue weighted by atomic mass is 32.2. The second kappa shape index (κ2) is 20.2. The van der Waals surface area contributed by atoms with Gasteiger partial charge in [-0.15, -0.1) is 0 Å². The van der Waals surface area contributed by atoms with Gasteiger partial charge in [0.1, 0.15) is 12.2 Å². The molecule has 2 atom stereocenters. The van der Waals surface area contributed by atoms with Gasteiger partial charge >= 0.3 is 11.9 Å². The molecular weight excluding hydrogens is 454 g/mol. The summed E-state index contributed by atoms with van der Waals surface area (Å²) in [6.07, 6.45) is 2.03. The SMILES string of the molecule is COCC(CO)OC(=O)CCCC(CCCC(=O)OC(CO)CO)SC(=O)CCCN(C)C. The Labute approximate surface area is 200 Å². The fraction of sp³-hybridized carbons (Fsp3) is 0.864. The highest BCUT2D eigenvalue weighted by Gasteiger charge is 2.19. The van der Waals surface area contributed by atoms with Crippen LogP contribution in [-0.4, -0.2) is 109 Å². The molecule has 0 fully saturated rings. The molecule has 11 heteroatoms. The van der Waals surface area contributed by atoms with Crippen molar-refractivity contribution in [2.45, 2.75) is 68.8 Å². The van der Waals surface area contributed by atoms with E-state index >= 15 is 0 Å². The third-order valence-corrected chi connectivity index (χ3v) is 5.93. The number of thioether (sulfide) groups is 1. The fourth-order valence-electron chi connectivity index (χ4n) is 2.93. The van der Waals surface area contributed by atoms with Crippen LogP contribution in [0.2, 0.25) is 0 Å². The summed E-state index contributed by atoms with van der Waals surface area (Å²) in [6.45, 7) is -0.271. The molecule has 0 spiro atoms. The molecule has 0 saturated carbocycles. The van der Waals surface area contributed by atoms with Gasteiger partial charge in [-0.2, -0.15) is 0 Å². The lowest BCUT2D eigenvalue weighted by Crippen LogP contribution is -2.26. The lowest BCUT2D eigenvalue weighted by atomic mass is 10.1.